The zero-order valence-electron chi connectivity index (χ0n) is 17.9. The van der Waals surface area contributed by atoms with Crippen LogP contribution in [-0.2, 0) is 21.3 Å². The van der Waals surface area contributed by atoms with Gasteiger partial charge in [-0.2, -0.15) is 4.31 Å². The first-order valence-electron chi connectivity index (χ1n) is 9.78. The van der Waals surface area contributed by atoms with Gasteiger partial charge in [0, 0.05) is 36.8 Å². The highest BCUT2D eigenvalue weighted by molar-refractivity contribution is 7.88. The van der Waals surface area contributed by atoms with Crippen molar-refractivity contribution >= 4 is 21.9 Å². The molecule has 1 fully saturated rings. The number of sulfonamides is 1. The summed E-state index contributed by atoms with van der Waals surface area (Å²) >= 11 is 0. The Bertz CT molecular complexity index is 890. The van der Waals surface area contributed by atoms with E-state index in [1.165, 1.54) is 16.4 Å². The van der Waals surface area contributed by atoms with Gasteiger partial charge in [0.25, 0.3) is 0 Å². The molecule has 1 aromatic carbocycles. The van der Waals surface area contributed by atoms with Crippen LogP contribution in [0.1, 0.15) is 49.5 Å². The first-order valence-corrected chi connectivity index (χ1v) is 11.6. The van der Waals surface area contributed by atoms with Crippen molar-refractivity contribution in [2.75, 3.05) is 25.9 Å². The molecule has 2 rings (SSSR count). The summed E-state index contributed by atoms with van der Waals surface area (Å²) in [7, 11) is -3.63. The maximum atomic E-state index is 14.5. The van der Waals surface area contributed by atoms with E-state index < -0.39 is 33.3 Å². The zero-order valence-corrected chi connectivity index (χ0v) is 18.7. The average Bonchev–Trinajstić information content (AvgIpc) is 2.64. The smallest absolute Gasteiger partial charge is 0.410 e. The summed E-state index contributed by atoms with van der Waals surface area (Å²) in [5, 5.41) is 0. The third-order valence-electron chi connectivity index (χ3n) is 4.84. The van der Waals surface area contributed by atoms with E-state index in [0.29, 0.717) is 25.9 Å². The number of ether oxygens (including phenoxy) is 1. The number of benzene rings is 1. The van der Waals surface area contributed by atoms with Crippen molar-refractivity contribution in [3.8, 4) is 0 Å². The molecular weight excluding hydrogens is 413 g/mol. The normalized spacial score (nSPS) is 16.0. The van der Waals surface area contributed by atoms with Crippen LogP contribution < -0.4 is 5.73 Å². The molecule has 10 heteroatoms. The van der Waals surface area contributed by atoms with Crippen LogP contribution in [0.4, 0.5) is 9.18 Å². The SMILES string of the molecule is CC(C)(C)OC(=O)N1CCC(N(Cc2ccc(C(=O)CN)cc2F)S(C)(=O)=O)CC1. The number of hydrogen-bond donors (Lipinski definition) is 1. The molecule has 0 aromatic heterocycles. The van der Waals surface area contributed by atoms with E-state index in [4.69, 9.17) is 10.5 Å². The maximum Gasteiger partial charge on any atom is 0.410 e. The van der Waals surface area contributed by atoms with Crippen LogP contribution in [0.5, 0.6) is 0 Å². The minimum Gasteiger partial charge on any atom is -0.444 e. The lowest BCUT2D eigenvalue weighted by atomic mass is 10.0. The molecule has 2 N–H and O–H groups in total. The van der Waals surface area contributed by atoms with Gasteiger partial charge in [-0.05, 0) is 39.7 Å². The van der Waals surface area contributed by atoms with E-state index >= 15 is 0 Å². The molecule has 0 saturated carbocycles. The van der Waals surface area contributed by atoms with Gasteiger partial charge in [0.2, 0.25) is 10.0 Å². The summed E-state index contributed by atoms with van der Waals surface area (Å²) in [5.41, 5.74) is 5.01. The van der Waals surface area contributed by atoms with Crippen LogP contribution in [0.15, 0.2) is 18.2 Å². The van der Waals surface area contributed by atoms with Gasteiger partial charge in [-0.3, -0.25) is 4.79 Å². The first-order chi connectivity index (χ1) is 13.8. The Morgan fingerprint density at radius 2 is 1.87 bits per heavy atom. The highest BCUT2D eigenvalue weighted by Gasteiger charge is 2.33. The first kappa shape index (κ1) is 24.2. The second kappa shape index (κ2) is 9.40. The van der Waals surface area contributed by atoms with Gasteiger partial charge in [0.15, 0.2) is 5.78 Å². The zero-order chi connectivity index (χ0) is 22.7. The summed E-state index contributed by atoms with van der Waals surface area (Å²) < 4.78 is 45.9. The summed E-state index contributed by atoms with van der Waals surface area (Å²) in [6.07, 6.45) is 1.48. The number of hydrogen-bond acceptors (Lipinski definition) is 6. The molecule has 1 heterocycles. The van der Waals surface area contributed by atoms with Crippen LogP contribution in [0.3, 0.4) is 0 Å². The molecule has 0 aliphatic carbocycles. The minimum absolute atomic E-state index is 0.148. The Labute approximate surface area is 177 Å². The Morgan fingerprint density at radius 3 is 2.33 bits per heavy atom. The topological polar surface area (TPSA) is 110 Å². The molecule has 8 nitrogen and oxygen atoms in total. The van der Waals surface area contributed by atoms with E-state index in [-0.39, 0.29) is 30.3 Å². The number of amides is 1. The molecule has 168 valence electrons. The van der Waals surface area contributed by atoms with Crippen LogP contribution in [0.25, 0.3) is 0 Å². The molecule has 1 amide bonds. The van der Waals surface area contributed by atoms with E-state index in [1.54, 1.807) is 25.7 Å². The maximum absolute atomic E-state index is 14.5. The fourth-order valence-corrected chi connectivity index (χ4v) is 4.44. The van der Waals surface area contributed by atoms with Crippen molar-refractivity contribution in [2.24, 2.45) is 5.73 Å². The number of carbonyl (C=O) groups excluding carboxylic acids is 2. The fraction of sp³-hybridized carbons (Fsp3) is 0.600. The lowest BCUT2D eigenvalue weighted by Crippen LogP contribution is -2.49. The molecule has 1 saturated heterocycles. The van der Waals surface area contributed by atoms with Crippen molar-refractivity contribution in [3.63, 3.8) is 0 Å². The third-order valence-corrected chi connectivity index (χ3v) is 6.12. The molecular formula is C20H30FN3O5S. The van der Waals surface area contributed by atoms with E-state index in [2.05, 4.69) is 0 Å². The third kappa shape index (κ3) is 6.48. The van der Waals surface area contributed by atoms with Crippen molar-refractivity contribution < 1.29 is 27.1 Å². The quantitative estimate of drug-likeness (QED) is 0.675. The number of likely N-dealkylation sites (tertiary alicyclic amines) is 1. The van der Waals surface area contributed by atoms with Crippen LogP contribution >= 0.6 is 0 Å². The highest BCUT2D eigenvalue weighted by atomic mass is 32.2. The predicted octanol–water partition coefficient (Wildman–Crippen LogP) is 2.13. The molecule has 0 radical (unpaired) electrons. The van der Waals surface area contributed by atoms with E-state index in [9.17, 15) is 22.4 Å². The van der Waals surface area contributed by atoms with Gasteiger partial charge in [0.1, 0.15) is 11.4 Å². The number of ketones is 1. The fourth-order valence-electron chi connectivity index (χ4n) is 3.31. The Kier molecular flexibility index (Phi) is 7.59. The molecule has 0 bridgehead atoms. The van der Waals surface area contributed by atoms with Crippen molar-refractivity contribution in [3.05, 3.63) is 35.1 Å². The summed E-state index contributed by atoms with van der Waals surface area (Å²) in [4.78, 5) is 25.4. The van der Waals surface area contributed by atoms with Crippen LogP contribution in [0, 0.1) is 5.82 Å². The van der Waals surface area contributed by atoms with Crippen molar-refractivity contribution in [1.82, 2.24) is 9.21 Å². The summed E-state index contributed by atoms with van der Waals surface area (Å²) in [5.74, 6) is -1.05. The van der Waals surface area contributed by atoms with Crippen LogP contribution in [0.2, 0.25) is 0 Å². The second-order valence-electron chi connectivity index (χ2n) is 8.44. The molecule has 0 unspecified atom stereocenters. The molecule has 0 spiro atoms. The highest BCUT2D eigenvalue weighted by Crippen LogP contribution is 2.24. The number of rotatable bonds is 6. The van der Waals surface area contributed by atoms with Crippen LogP contribution in [-0.4, -0.2) is 67.0 Å². The number of nitrogens with two attached hydrogens (primary N) is 1. The number of carbonyl (C=O) groups is 2. The van der Waals surface area contributed by atoms with E-state index in [0.717, 1.165) is 12.3 Å². The standard InChI is InChI=1S/C20H30FN3O5S/c1-20(2,3)29-19(26)23-9-7-16(8-10-23)24(30(4,27)28)13-15-6-5-14(11-17(15)21)18(25)12-22/h5-6,11,16H,7-10,12-13,22H2,1-4H3. The van der Waals surface area contributed by atoms with Gasteiger partial charge in [-0.25, -0.2) is 17.6 Å². The largest absolute Gasteiger partial charge is 0.444 e. The van der Waals surface area contributed by atoms with E-state index in [1.807, 2.05) is 0 Å². The average molecular weight is 444 g/mol. The second-order valence-corrected chi connectivity index (χ2v) is 10.4. The Balaban J connectivity index is 2.12. The van der Waals surface area contributed by atoms with Gasteiger partial charge < -0.3 is 15.4 Å². The predicted molar refractivity (Wildman–Crippen MR) is 111 cm³/mol. The molecule has 1 aromatic rings. The summed E-state index contributed by atoms with van der Waals surface area (Å²) in [6, 6.07) is 3.56. The number of nitrogens with zero attached hydrogens (tertiary/aromatic N) is 2. The molecule has 1 aliphatic heterocycles. The Morgan fingerprint density at radius 1 is 1.27 bits per heavy atom. The summed E-state index contributed by atoms with van der Waals surface area (Å²) in [6.45, 7) is 5.65. The van der Waals surface area contributed by atoms with Gasteiger partial charge >= 0.3 is 6.09 Å². The minimum atomic E-state index is -3.63. The van der Waals surface area contributed by atoms with Gasteiger partial charge in [-0.1, -0.05) is 12.1 Å². The molecule has 30 heavy (non-hydrogen) atoms. The van der Waals surface area contributed by atoms with Gasteiger partial charge in [0.05, 0.1) is 12.8 Å². The van der Waals surface area contributed by atoms with Crippen molar-refractivity contribution in [1.29, 1.82) is 0 Å². The molecule has 1 aliphatic rings. The number of Topliss-reactive ketones (excluding diaryl/α,β-unsaturated/α-hetero) is 1. The monoisotopic (exact) mass is 443 g/mol. The van der Waals surface area contributed by atoms with Gasteiger partial charge in [-0.15, -0.1) is 0 Å². The van der Waals surface area contributed by atoms with Crippen molar-refractivity contribution in [2.45, 2.75) is 51.8 Å². The lowest BCUT2D eigenvalue weighted by molar-refractivity contribution is 0.0176. The number of piperidine rings is 1. The number of halogens is 1. The lowest BCUT2D eigenvalue weighted by Gasteiger charge is -2.37. The molecule has 0 atom stereocenters. The Hall–Kier alpha value is -2.04.